The second-order valence-corrected chi connectivity index (χ2v) is 6.44. The van der Waals surface area contributed by atoms with E-state index >= 15 is 0 Å². The Morgan fingerprint density at radius 2 is 2.05 bits per heavy atom. The number of anilines is 1. The van der Waals surface area contributed by atoms with Crippen LogP contribution in [0.15, 0.2) is 16.6 Å². The lowest BCUT2D eigenvalue weighted by Gasteiger charge is -2.22. The van der Waals surface area contributed by atoms with Crippen molar-refractivity contribution in [1.82, 2.24) is 4.90 Å². The molecular weight excluding hydrogens is 336 g/mol. The SMILES string of the molecule is Cc1cc(C)c(NC(=O)N(CC(=O)O)CC2CC2)c(Br)c1. The minimum absolute atomic E-state index is 0.273. The maximum absolute atomic E-state index is 12.3. The normalized spacial score (nSPS) is 13.9. The molecule has 2 rings (SSSR count). The number of carboxylic acid groups (broad SMARTS) is 1. The van der Waals surface area contributed by atoms with E-state index in [4.69, 9.17) is 5.11 Å². The highest BCUT2D eigenvalue weighted by Gasteiger charge is 2.28. The largest absolute Gasteiger partial charge is 0.480 e. The summed E-state index contributed by atoms with van der Waals surface area (Å²) in [5.74, 6) is -0.553. The first-order valence-electron chi connectivity index (χ1n) is 6.91. The molecule has 5 nitrogen and oxygen atoms in total. The van der Waals surface area contributed by atoms with Crippen molar-refractivity contribution < 1.29 is 14.7 Å². The van der Waals surface area contributed by atoms with Gasteiger partial charge in [-0.3, -0.25) is 4.79 Å². The average Bonchev–Trinajstić information content (AvgIpc) is 3.16. The summed E-state index contributed by atoms with van der Waals surface area (Å²) in [6.07, 6.45) is 2.13. The monoisotopic (exact) mass is 354 g/mol. The number of hydrogen-bond donors (Lipinski definition) is 2. The molecule has 0 bridgehead atoms. The Balaban J connectivity index is 2.12. The number of carbonyl (C=O) groups excluding carboxylic acids is 1. The third kappa shape index (κ3) is 4.46. The molecule has 0 saturated heterocycles. The lowest BCUT2D eigenvalue weighted by Crippen LogP contribution is -2.40. The van der Waals surface area contributed by atoms with Gasteiger partial charge in [0.05, 0.1) is 5.69 Å². The van der Waals surface area contributed by atoms with Crippen molar-refractivity contribution in [2.75, 3.05) is 18.4 Å². The number of nitrogens with zero attached hydrogens (tertiary/aromatic N) is 1. The zero-order valence-corrected chi connectivity index (χ0v) is 13.7. The van der Waals surface area contributed by atoms with Crippen LogP contribution in [0.25, 0.3) is 0 Å². The van der Waals surface area contributed by atoms with E-state index in [2.05, 4.69) is 21.2 Å². The number of carbonyl (C=O) groups is 2. The van der Waals surface area contributed by atoms with Crippen LogP contribution in [0.4, 0.5) is 10.5 Å². The molecule has 0 atom stereocenters. The maximum atomic E-state index is 12.3. The molecule has 1 aromatic carbocycles. The van der Waals surface area contributed by atoms with E-state index in [1.165, 1.54) is 4.90 Å². The van der Waals surface area contributed by atoms with E-state index in [9.17, 15) is 9.59 Å². The van der Waals surface area contributed by atoms with Crippen molar-refractivity contribution in [3.8, 4) is 0 Å². The van der Waals surface area contributed by atoms with Gasteiger partial charge in [0, 0.05) is 11.0 Å². The lowest BCUT2D eigenvalue weighted by molar-refractivity contribution is -0.137. The molecule has 2 amide bonds. The summed E-state index contributed by atoms with van der Waals surface area (Å²) in [6.45, 7) is 4.12. The van der Waals surface area contributed by atoms with Crippen LogP contribution in [0.2, 0.25) is 0 Å². The molecule has 0 heterocycles. The Labute approximate surface area is 132 Å². The number of amides is 2. The van der Waals surface area contributed by atoms with E-state index < -0.39 is 5.97 Å². The molecule has 1 aliphatic rings. The van der Waals surface area contributed by atoms with Gasteiger partial charge in [0.1, 0.15) is 6.54 Å². The number of rotatable bonds is 5. The zero-order valence-electron chi connectivity index (χ0n) is 12.1. The number of nitrogens with one attached hydrogen (secondary N) is 1. The Morgan fingerprint density at radius 3 is 2.57 bits per heavy atom. The highest BCUT2D eigenvalue weighted by atomic mass is 79.9. The van der Waals surface area contributed by atoms with E-state index in [0.29, 0.717) is 18.2 Å². The molecule has 1 aromatic rings. The van der Waals surface area contributed by atoms with Gasteiger partial charge in [-0.05, 0) is 65.7 Å². The smallest absolute Gasteiger partial charge is 0.323 e. The number of hydrogen-bond acceptors (Lipinski definition) is 2. The first-order valence-corrected chi connectivity index (χ1v) is 7.70. The van der Waals surface area contributed by atoms with Crippen LogP contribution < -0.4 is 5.32 Å². The van der Waals surface area contributed by atoms with Gasteiger partial charge in [0.25, 0.3) is 0 Å². The summed E-state index contributed by atoms with van der Waals surface area (Å²) in [6, 6.07) is 3.53. The molecule has 1 saturated carbocycles. The molecule has 2 N–H and O–H groups in total. The predicted octanol–water partition coefficient (Wildman–Crippen LogP) is 3.39. The van der Waals surface area contributed by atoms with Crippen molar-refractivity contribution in [2.24, 2.45) is 5.92 Å². The number of urea groups is 1. The van der Waals surface area contributed by atoms with Crippen molar-refractivity contribution in [1.29, 1.82) is 0 Å². The van der Waals surface area contributed by atoms with Gasteiger partial charge in [-0.2, -0.15) is 0 Å². The molecule has 21 heavy (non-hydrogen) atoms. The average molecular weight is 355 g/mol. The summed E-state index contributed by atoms with van der Waals surface area (Å²) >= 11 is 3.44. The first kappa shape index (κ1) is 15.8. The molecule has 114 valence electrons. The van der Waals surface area contributed by atoms with Crippen LogP contribution in [0.3, 0.4) is 0 Å². The van der Waals surface area contributed by atoms with E-state index in [1.54, 1.807) is 0 Å². The van der Waals surface area contributed by atoms with Crippen molar-refractivity contribution in [3.63, 3.8) is 0 Å². The molecule has 0 spiro atoms. The first-order chi connectivity index (χ1) is 9.86. The summed E-state index contributed by atoms with van der Waals surface area (Å²) in [5.41, 5.74) is 2.73. The minimum Gasteiger partial charge on any atom is -0.480 e. The molecular formula is C15H19BrN2O3. The van der Waals surface area contributed by atoms with Crippen LogP contribution in [0.1, 0.15) is 24.0 Å². The molecule has 1 aliphatic carbocycles. The van der Waals surface area contributed by atoms with Crippen molar-refractivity contribution in [3.05, 3.63) is 27.7 Å². The Hall–Kier alpha value is -1.56. The third-order valence-corrected chi connectivity index (χ3v) is 4.08. The molecule has 0 unspecified atom stereocenters. The number of halogens is 1. The second kappa shape index (κ2) is 6.47. The number of aryl methyl sites for hydroxylation is 2. The van der Waals surface area contributed by atoms with E-state index in [-0.39, 0.29) is 12.6 Å². The summed E-state index contributed by atoms with van der Waals surface area (Å²) < 4.78 is 0.801. The Bertz CT molecular complexity index is 547. The Kier molecular flexibility index (Phi) is 4.88. The van der Waals surface area contributed by atoms with Crippen LogP contribution in [0, 0.1) is 19.8 Å². The summed E-state index contributed by atoms with van der Waals surface area (Å²) in [4.78, 5) is 24.6. The van der Waals surface area contributed by atoms with Gasteiger partial charge >= 0.3 is 12.0 Å². The highest BCUT2D eigenvalue weighted by Crippen LogP contribution is 2.31. The van der Waals surface area contributed by atoms with Gasteiger partial charge in [0.2, 0.25) is 0 Å². The molecule has 0 aromatic heterocycles. The second-order valence-electron chi connectivity index (χ2n) is 5.59. The van der Waals surface area contributed by atoms with Crippen molar-refractivity contribution in [2.45, 2.75) is 26.7 Å². The molecule has 0 aliphatic heterocycles. The Morgan fingerprint density at radius 1 is 1.38 bits per heavy atom. The number of benzene rings is 1. The fraction of sp³-hybridized carbons (Fsp3) is 0.467. The molecule has 0 radical (unpaired) electrons. The van der Waals surface area contributed by atoms with Crippen LogP contribution in [0.5, 0.6) is 0 Å². The van der Waals surface area contributed by atoms with E-state index in [0.717, 1.165) is 28.4 Å². The topological polar surface area (TPSA) is 69.6 Å². The van der Waals surface area contributed by atoms with E-state index in [1.807, 2.05) is 26.0 Å². The van der Waals surface area contributed by atoms with Gasteiger partial charge in [-0.25, -0.2) is 4.79 Å². The fourth-order valence-electron chi connectivity index (χ4n) is 2.25. The minimum atomic E-state index is -0.995. The molecule has 6 heteroatoms. The van der Waals surface area contributed by atoms with Gasteiger partial charge < -0.3 is 15.3 Å². The predicted molar refractivity (Wildman–Crippen MR) is 84.6 cm³/mol. The number of aliphatic carboxylic acids is 1. The molecule has 1 fully saturated rings. The lowest BCUT2D eigenvalue weighted by atomic mass is 10.1. The standard InChI is InChI=1S/C15H19BrN2O3/c1-9-5-10(2)14(12(16)6-9)17-15(21)18(8-13(19)20)7-11-3-4-11/h5-6,11H,3-4,7-8H2,1-2H3,(H,17,21)(H,19,20). The van der Waals surface area contributed by atoms with Crippen LogP contribution in [-0.2, 0) is 4.79 Å². The summed E-state index contributed by atoms with van der Waals surface area (Å²) in [5, 5.41) is 11.8. The maximum Gasteiger partial charge on any atom is 0.323 e. The summed E-state index contributed by atoms with van der Waals surface area (Å²) in [7, 11) is 0. The quantitative estimate of drug-likeness (QED) is 0.851. The van der Waals surface area contributed by atoms with Crippen LogP contribution in [-0.4, -0.2) is 35.1 Å². The number of carboxylic acids is 1. The highest BCUT2D eigenvalue weighted by molar-refractivity contribution is 9.10. The third-order valence-electron chi connectivity index (χ3n) is 3.45. The zero-order chi connectivity index (χ0) is 15.6. The van der Waals surface area contributed by atoms with Gasteiger partial charge in [-0.15, -0.1) is 0 Å². The van der Waals surface area contributed by atoms with Crippen LogP contribution >= 0.6 is 15.9 Å². The van der Waals surface area contributed by atoms with Crippen molar-refractivity contribution >= 4 is 33.6 Å². The van der Waals surface area contributed by atoms with Gasteiger partial charge in [0.15, 0.2) is 0 Å². The van der Waals surface area contributed by atoms with Gasteiger partial charge in [-0.1, -0.05) is 6.07 Å². The fourth-order valence-corrected chi connectivity index (χ4v) is 3.03.